The fourth-order valence-electron chi connectivity index (χ4n) is 2.44. The fourth-order valence-corrected chi connectivity index (χ4v) is 2.70. The normalized spacial score (nSPS) is 10.8. The van der Waals surface area contributed by atoms with Gasteiger partial charge < -0.3 is 9.72 Å². The molecule has 5 heteroatoms. The van der Waals surface area contributed by atoms with Crippen molar-refractivity contribution in [3.05, 3.63) is 69.2 Å². The van der Waals surface area contributed by atoms with E-state index in [9.17, 15) is 4.79 Å². The highest BCUT2D eigenvalue weighted by molar-refractivity contribution is 7.71. The molecule has 0 spiro atoms. The van der Waals surface area contributed by atoms with Crippen molar-refractivity contribution in [2.75, 3.05) is 6.61 Å². The van der Waals surface area contributed by atoms with E-state index in [2.05, 4.69) is 4.98 Å². The molecule has 0 aliphatic rings. The lowest BCUT2D eigenvalue weighted by atomic mass is 10.2. The van der Waals surface area contributed by atoms with Crippen molar-refractivity contribution in [3.8, 4) is 5.75 Å². The average molecular weight is 312 g/mol. The van der Waals surface area contributed by atoms with Crippen LogP contribution in [-0.2, 0) is 6.54 Å². The Balaban J connectivity index is 2.12. The van der Waals surface area contributed by atoms with Crippen LogP contribution in [0.25, 0.3) is 10.9 Å². The Kier molecular flexibility index (Phi) is 4.06. The summed E-state index contributed by atoms with van der Waals surface area (Å²) < 4.78 is 7.59. The third kappa shape index (κ3) is 2.67. The fraction of sp³-hybridized carbons (Fsp3) is 0.176. The number of para-hydroxylation sites is 2. The molecule has 0 amide bonds. The number of nitrogens with one attached hydrogen (secondary N) is 1. The molecule has 3 rings (SSSR count). The van der Waals surface area contributed by atoms with Gasteiger partial charge in [-0.05, 0) is 37.3 Å². The minimum Gasteiger partial charge on any atom is -0.494 e. The summed E-state index contributed by atoms with van der Waals surface area (Å²) in [5.74, 6) is 0.777. The predicted molar refractivity (Wildman–Crippen MR) is 90.1 cm³/mol. The number of fused-ring (bicyclic) bond motifs is 1. The Morgan fingerprint density at radius 3 is 2.68 bits per heavy atom. The van der Waals surface area contributed by atoms with Crippen molar-refractivity contribution in [3.63, 3.8) is 0 Å². The number of aromatic nitrogens is 2. The largest absolute Gasteiger partial charge is 0.494 e. The lowest BCUT2D eigenvalue weighted by Gasteiger charge is -2.12. The molecule has 1 N–H and O–H groups in total. The molecular weight excluding hydrogens is 296 g/mol. The van der Waals surface area contributed by atoms with E-state index in [1.807, 2.05) is 49.4 Å². The monoisotopic (exact) mass is 312 g/mol. The van der Waals surface area contributed by atoms with Crippen molar-refractivity contribution in [2.45, 2.75) is 13.5 Å². The highest BCUT2D eigenvalue weighted by Crippen LogP contribution is 2.19. The van der Waals surface area contributed by atoms with E-state index in [0.29, 0.717) is 23.3 Å². The van der Waals surface area contributed by atoms with Gasteiger partial charge in [0.2, 0.25) is 0 Å². The highest BCUT2D eigenvalue weighted by atomic mass is 32.1. The van der Waals surface area contributed by atoms with Gasteiger partial charge in [-0.2, -0.15) is 0 Å². The first-order valence-corrected chi connectivity index (χ1v) is 7.54. The van der Waals surface area contributed by atoms with Crippen LogP contribution in [0.4, 0.5) is 0 Å². The van der Waals surface area contributed by atoms with Gasteiger partial charge in [0.05, 0.1) is 24.1 Å². The molecule has 0 fully saturated rings. The van der Waals surface area contributed by atoms with Gasteiger partial charge in [0.15, 0.2) is 4.77 Å². The molecule has 0 unspecified atom stereocenters. The van der Waals surface area contributed by atoms with Crippen LogP contribution in [0.5, 0.6) is 5.75 Å². The molecule has 0 aliphatic heterocycles. The van der Waals surface area contributed by atoms with E-state index < -0.39 is 0 Å². The number of hydrogen-bond donors (Lipinski definition) is 1. The Hall–Kier alpha value is -2.40. The summed E-state index contributed by atoms with van der Waals surface area (Å²) in [6, 6.07) is 15.1. The van der Waals surface area contributed by atoms with Gasteiger partial charge in [0, 0.05) is 5.56 Å². The second kappa shape index (κ2) is 6.15. The van der Waals surface area contributed by atoms with E-state index in [0.717, 1.165) is 16.8 Å². The minimum absolute atomic E-state index is 0.0920. The standard InChI is InChI=1S/C17H16N2O2S/c1-2-21-15-10-6-3-7-12(15)11-19-16(20)13-8-4-5-9-14(13)18-17(19)22/h3-10H,2,11H2,1H3,(H,18,22). The van der Waals surface area contributed by atoms with E-state index in [1.165, 1.54) is 0 Å². The van der Waals surface area contributed by atoms with Gasteiger partial charge in [-0.15, -0.1) is 0 Å². The summed E-state index contributed by atoms with van der Waals surface area (Å²) in [7, 11) is 0. The van der Waals surface area contributed by atoms with Crippen molar-refractivity contribution in [1.82, 2.24) is 9.55 Å². The summed E-state index contributed by atoms with van der Waals surface area (Å²) in [6.45, 7) is 2.90. The molecule has 0 atom stereocenters. The molecular formula is C17H16N2O2S. The van der Waals surface area contributed by atoms with E-state index >= 15 is 0 Å². The van der Waals surface area contributed by atoms with Crippen LogP contribution >= 0.6 is 12.2 Å². The van der Waals surface area contributed by atoms with Gasteiger partial charge in [-0.25, -0.2) is 0 Å². The number of aromatic amines is 1. The molecule has 0 saturated carbocycles. The summed E-state index contributed by atoms with van der Waals surface area (Å²) >= 11 is 5.34. The van der Waals surface area contributed by atoms with Crippen molar-refractivity contribution in [1.29, 1.82) is 0 Å². The van der Waals surface area contributed by atoms with Crippen molar-refractivity contribution >= 4 is 23.1 Å². The third-order valence-electron chi connectivity index (χ3n) is 3.49. The maximum absolute atomic E-state index is 12.7. The SMILES string of the molecule is CCOc1ccccc1Cn1c(=S)[nH]c2ccccc2c1=O. The number of ether oxygens (including phenoxy) is 1. The Morgan fingerprint density at radius 2 is 1.86 bits per heavy atom. The molecule has 112 valence electrons. The molecule has 0 bridgehead atoms. The summed E-state index contributed by atoms with van der Waals surface area (Å²) in [5.41, 5.74) is 1.60. The van der Waals surface area contributed by atoms with Gasteiger partial charge in [-0.1, -0.05) is 30.3 Å². The molecule has 3 aromatic rings. The molecule has 0 saturated heterocycles. The molecule has 2 aromatic carbocycles. The minimum atomic E-state index is -0.0920. The van der Waals surface area contributed by atoms with Gasteiger partial charge >= 0.3 is 0 Å². The van der Waals surface area contributed by atoms with Crippen LogP contribution < -0.4 is 10.3 Å². The average Bonchev–Trinajstić information content (AvgIpc) is 2.53. The van der Waals surface area contributed by atoms with Crippen LogP contribution in [-0.4, -0.2) is 16.2 Å². The number of benzene rings is 2. The zero-order chi connectivity index (χ0) is 15.5. The quantitative estimate of drug-likeness (QED) is 0.750. The third-order valence-corrected chi connectivity index (χ3v) is 3.81. The Bertz CT molecular complexity index is 928. The van der Waals surface area contributed by atoms with E-state index in [1.54, 1.807) is 10.6 Å². The van der Waals surface area contributed by atoms with E-state index in [-0.39, 0.29) is 5.56 Å². The first-order valence-electron chi connectivity index (χ1n) is 7.13. The Morgan fingerprint density at radius 1 is 1.14 bits per heavy atom. The maximum atomic E-state index is 12.7. The summed E-state index contributed by atoms with van der Waals surface area (Å²) in [6.07, 6.45) is 0. The second-order valence-electron chi connectivity index (χ2n) is 4.91. The van der Waals surface area contributed by atoms with Gasteiger partial charge in [0.25, 0.3) is 5.56 Å². The van der Waals surface area contributed by atoms with Crippen LogP contribution in [0.2, 0.25) is 0 Å². The molecule has 1 heterocycles. The molecule has 0 radical (unpaired) electrons. The first kappa shape index (κ1) is 14.5. The molecule has 0 aliphatic carbocycles. The second-order valence-corrected chi connectivity index (χ2v) is 5.29. The topological polar surface area (TPSA) is 47.0 Å². The molecule has 4 nitrogen and oxygen atoms in total. The van der Waals surface area contributed by atoms with E-state index in [4.69, 9.17) is 17.0 Å². The van der Waals surface area contributed by atoms with Crippen LogP contribution in [0.1, 0.15) is 12.5 Å². The molecule has 1 aromatic heterocycles. The summed E-state index contributed by atoms with van der Waals surface area (Å²) in [5, 5.41) is 0.630. The number of nitrogens with zero attached hydrogens (tertiary/aromatic N) is 1. The predicted octanol–water partition coefficient (Wildman–Crippen LogP) is 3.51. The summed E-state index contributed by atoms with van der Waals surface area (Å²) in [4.78, 5) is 15.8. The number of H-pyrrole nitrogens is 1. The van der Waals surface area contributed by atoms with Crippen LogP contribution in [0.3, 0.4) is 0 Å². The van der Waals surface area contributed by atoms with Crippen LogP contribution in [0.15, 0.2) is 53.3 Å². The zero-order valence-corrected chi connectivity index (χ0v) is 13.0. The maximum Gasteiger partial charge on any atom is 0.262 e. The van der Waals surface area contributed by atoms with Crippen molar-refractivity contribution in [2.24, 2.45) is 0 Å². The van der Waals surface area contributed by atoms with Crippen molar-refractivity contribution < 1.29 is 4.74 Å². The lowest BCUT2D eigenvalue weighted by Crippen LogP contribution is -2.23. The highest BCUT2D eigenvalue weighted by Gasteiger charge is 2.08. The zero-order valence-electron chi connectivity index (χ0n) is 12.2. The first-order chi connectivity index (χ1) is 10.7. The lowest BCUT2D eigenvalue weighted by molar-refractivity contribution is 0.335. The van der Waals surface area contributed by atoms with Gasteiger partial charge in [0.1, 0.15) is 5.75 Å². The number of hydrogen-bond acceptors (Lipinski definition) is 3. The Labute approximate surface area is 133 Å². The van der Waals surface area contributed by atoms with Gasteiger partial charge in [-0.3, -0.25) is 9.36 Å². The smallest absolute Gasteiger partial charge is 0.262 e. The molecule has 22 heavy (non-hydrogen) atoms. The van der Waals surface area contributed by atoms with Crippen LogP contribution in [0, 0.1) is 4.77 Å². The number of rotatable bonds is 4.